The highest BCUT2D eigenvalue weighted by Crippen LogP contribution is 2.51. The first-order valence-corrected chi connectivity index (χ1v) is 8.12. The van der Waals surface area contributed by atoms with E-state index >= 15 is 0 Å². The lowest BCUT2D eigenvalue weighted by Crippen LogP contribution is -2.13. The molecule has 0 aliphatic carbocycles. The first-order chi connectivity index (χ1) is 12.1. The van der Waals surface area contributed by atoms with Crippen molar-refractivity contribution in [1.82, 2.24) is 0 Å². The first-order valence-electron chi connectivity index (χ1n) is 8.12. The molecule has 1 aliphatic rings. The van der Waals surface area contributed by atoms with Crippen LogP contribution in [0.15, 0.2) is 36.4 Å². The number of aliphatic hydroxyl groups excluding tert-OH is 1. The lowest BCUT2D eigenvalue weighted by atomic mass is 9.90. The fourth-order valence-corrected chi connectivity index (χ4v) is 3.23. The molecule has 0 aromatic heterocycles. The van der Waals surface area contributed by atoms with Crippen LogP contribution in [0.5, 0.6) is 23.0 Å². The average Bonchev–Trinajstić information content (AvgIpc) is 3.00. The molecule has 5 nitrogen and oxygen atoms in total. The minimum Gasteiger partial charge on any atom is -0.504 e. The van der Waals surface area contributed by atoms with Gasteiger partial charge in [-0.3, -0.25) is 0 Å². The van der Waals surface area contributed by atoms with E-state index in [1.54, 1.807) is 25.3 Å². The van der Waals surface area contributed by atoms with Crippen LogP contribution in [0.1, 0.15) is 35.6 Å². The number of aliphatic hydroxyl groups is 1. The monoisotopic (exact) mass is 342 g/mol. The predicted molar refractivity (Wildman–Crippen MR) is 95.6 cm³/mol. The topological polar surface area (TPSA) is 68.2 Å². The molecule has 0 unspecified atom stereocenters. The summed E-state index contributed by atoms with van der Waals surface area (Å²) in [5.74, 6) is 1.48. The molecule has 5 heteroatoms. The van der Waals surface area contributed by atoms with Gasteiger partial charge in [0.05, 0.1) is 26.7 Å². The second-order valence-corrected chi connectivity index (χ2v) is 5.90. The quantitative estimate of drug-likeness (QED) is 0.868. The average molecular weight is 342 g/mol. The zero-order chi connectivity index (χ0) is 18.0. The Kier molecular flexibility index (Phi) is 4.86. The van der Waals surface area contributed by atoms with Crippen molar-refractivity contribution in [1.29, 1.82) is 0 Å². The molecule has 0 fully saturated rings. The molecule has 2 aromatic carbocycles. The number of hydrogen-bond acceptors (Lipinski definition) is 5. The molecule has 0 saturated heterocycles. The molecule has 1 aliphatic heterocycles. The molecule has 2 aromatic rings. The number of hydrogen-bond donors (Lipinski definition) is 2. The minimum absolute atomic E-state index is 0.0651. The number of phenols is 1. The number of phenolic OH excluding ortho intramolecular Hbond substituents is 1. The second kappa shape index (κ2) is 7.07. The normalized spacial score (nSPS) is 18.9. The van der Waals surface area contributed by atoms with Crippen LogP contribution in [0.25, 0.3) is 6.08 Å². The number of allylic oxidation sites excluding steroid dienone is 1. The lowest BCUT2D eigenvalue weighted by Gasteiger charge is -2.18. The highest BCUT2D eigenvalue weighted by atomic mass is 16.5. The molecule has 0 amide bonds. The highest BCUT2D eigenvalue weighted by molar-refractivity contribution is 5.62. The third-order valence-corrected chi connectivity index (χ3v) is 4.42. The Morgan fingerprint density at radius 2 is 1.88 bits per heavy atom. The third-order valence-electron chi connectivity index (χ3n) is 4.42. The van der Waals surface area contributed by atoms with E-state index in [-0.39, 0.29) is 24.4 Å². The maximum Gasteiger partial charge on any atom is 0.165 e. The Hall–Kier alpha value is -2.66. The van der Waals surface area contributed by atoms with E-state index in [9.17, 15) is 10.2 Å². The number of benzene rings is 2. The minimum atomic E-state index is -0.385. The van der Waals surface area contributed by atoms with Crippen molar-refractivity contribution in [3.05, 3.63) is 53.1 Å². The van der Waals surface area contributed by atoms with E-state index in [1.165, 1.54) is 7.11 Å². The largest absolute Gasteiger partial charge is 0.504 e. The highest BCUT2D eigenvalue weighted by Gasteiger charge is 2.37. The van der Waals surface area contributed by atoms with Gasteiger partial charge in [-0.1, -0.05) is 18.2 Å². The summed E-state index contributed by atoms with van der Waals surface area (Å²) < 4.78 is 16.8. The molecular weight excluding hydrogens is 320 g/mol. The number of methoxy groups -OCH3 is 2. The van der Waals surface area contributed by atoms with Crippen LogP contribution in [-0.4, -0.2) is 31.0 Å². The fraction of sp³-hybridized carbons (Fsp3) is 0.300. The van der Waals surface area contributed by atoms with E-state index in [4.69, 9.17) is 14.2 Å². The van der Waals surface area contributed by atoms with Gasteiger partial charge in [0.15, 0.2) is 23.0 Å². The SMILES string of the molecule is CC=Cc1cc(OC)c2c(c1)[C@H](CO)[C@H](c1ccc(O)c(OC)c1)O2. The van der Waals surface area contributed by atoms with Crippen LogP contribution < -0.4 is 14.2 Å². The first kappa shape index (κ1) is 17.2. The number of ether oxygens (including phenoxy) is 3. The molecule has 25 heavy (non-hydrogen) atoms. The lowest BCUT2D eigenvalue weighted by molar-refractivity contribution is 0.157. The predicted octanol–water partition coefficient (Wildman–Crippen LogP) is 3.65. The van der Waals surface area contributed by atoms with E-state index in [0.717, 1.165) is 16.7 Å². The fourth-order valence-electron chi connectivity index (χ4n) is 3.23. The molecule has 132 valence electrons. The van der Waals surface area contributed by atoms with E-state index in [0.29, 0.717) is 17.2 Å². The Balaban J connectivity index is 2.07. The van der Waals surface area contributed by atoms with Crippen LogP contribution in [0.3, 0.4) is 0 Å². The van der Waals surface area contributed by atoms with Gasteiger partial charge < -0.3 is 24.4 Å². The van der Waals surface area contributed by atoms with E-state index in [1.807, 2.05) is 31.2 Å². The van der Waals surface area contributed by atoms with Crippen molar-refractivity contribution in [2.24, 2.45) is 0 Å². The van der Waals surface area contributed by atoms with Gasteiger partial charge in [-0.15, -0.1) is 0 Å². The van der Waals surface area contributed by atoms with E-state index in [2.05, 4.69) is 0 Å². The van der Waals surface area contributed by atoms with Gasteiger partial charge in [0.1, 0.15) is 6.10 Å². The van der Waals surface area contributed by atoms with Gasteiger partial charge in [-0.05, 0) is 42.3 Å². The van der Waals surface area contributed by atoms with Gasteiger partial charge in [-0.2, -0.15) is 0 Å². The van der Waals surface area contributed by atoms with Crippen molar-refractivity contribution in [2.75, 3.05) is 20.8 Å². The van der Waals surface area contributed by atoms with Crippen LogP contribution >= 0.6 is 0 Å². The van der Waals surface area contributed by atoms with Gasteiger partial charge in [-0.25, -0.2) is 0 Å². The molecule has 0 radical (unpaired) electrons. The summed E-state index contributed by atoms with van der Waals surface area (Å²) in [6.45, 7) is 1.88. The van der Waals surface area contributed by atoms with Gasteiger partial charge >= 0.3 is 0 Å². The van der Waals surface area contributed by atoms with Gasteiger partial charge in [0.25, 0.3) is 0 Å². The van der Waals surface area contributed by atoms with Crippen LogP contribution in [0.4, 0.5) is 0 Å². The van der Waals surface area contributed by atoms with Gasteiger partial charge in [0.2, 0.25) is 0 Å². The van der Waals surface area contributed by atoms with Crippen LogP contribution in [0.2, 0.25) is 0 Å². The second-order valence-electron chi connectivity index (χ2n) is 5.90. The molecule has 0 bridgehead atoms. The van der Waals surface area contributed by atoms with E-state index < -0.39 is 0 Å². The Morgan fingerprint density at radius 3 is 2.52 bits per heavy atom. The molecule has 2 atom stereocenters. The zero-order valence-electron chi connectivity index (χ0n) is 14.5. The van der Waals surface area contributed by atoms with Crippen LogP contribution in [0, 0.1) is 0 Å². The Bertz CT molecular complexity index is 797. The van der Waals surface area contributed by atoms with Gasteiger partial charge in [0, 0.05) is 5.56 Å². The third kappa shape index (κ3) is 3.03. The summed E-state index contributed by atoms with van der Waals surface area (Å²) in [6, 6.07) is 8.99. The summed E-state index contributed by atoms with van der Waals surface area (Å²) in [7, 11) is 3.10. The molecular formula is C20H22O5. The molecule has 2 N–H and O–H groups in total. The number of aromatic hydroxyl groups is 1. The molecule has 0 saturated carbocycles. The number of fused-ring (bicyclic) bond motifs is 1. The Morgan fingerprint density at radius 1 is 1.12 bits per heavy atom. The van der Waals surface area contributed by atoms with Crippen molar-refractivity contribution in [2.45, 2.75) is 18.9 Å². The molecule has 0 spiro atoms. The summed E-state index contributed by atoms with van der Waals surface area (Å²) in [4.78, 5) is 0. The Labute approximate surface area is 147 Å². The summed E-state index contributed by atoms with van der Waals surface area (Å²) in [6.07, 6.45) is 3.55. The van der Waals surface area contributed by atoms with Crippen molar-refractivity contribution >= 4 is 6.08 Å². The smallest absolute Gasteiger partial charge is 0.165 e. The summed E-state index contributed by atoms with van der Waals surface area (Å²) >= 11 is 0. The standard InChI is InChI=1S/C20H22O5/c1-4-5-12-8-14-15(11-21)19(25-20(14)18(9-12)24-3)13-6-7-16(22)17(10-13)23-2/h4-10,15,19,21-22H,11H2,1-3H3/t15-,19-/m0/s1. The van der Waals surface area contributed by atoms with Crippen molar-refractivity contribution < 1.29 is 24.4 Å². The van der Waals surface area contributed by atoms with Crippen LogP contribution in [-0.2, 0) is 0 Å². The zero-order valence-corrected chi connectivity index (χ0v) is 14.5. The van der Waals surface area contributed by atoms with Crippen molar-refractivity contribution in [3.63, 3.8) is 0 Å². The number of rotatable bonds is 5. The maximum absolute atomic E-state index is 9.99. The summed E-state index contributed by atoms with van der Waals surface area (Å²) in [5.41, 5.74) is 2.72. The summed E-state index contributed by atoms with van der Waals surface area (Å²) in [5, 5.41) is 19.8. The molecule has 1 heterocycles. The van der Waals surface area contributed by atoms with Crippen molar-refractivity contribution in [3.8, 4) is 23.0 Å². The molecule has 3 rings (SSSR count). The maximum atomic E-state index is 9.99.